The molecule has 7 heteroatoms. The predicted octanol–water partition coefficient (Wildman–Crippen LogP) is 8.32. The maximum Gasteiger partial charge on any atom is 0.195 e. The molecule has 2 unspecified atom stereocenters. The van der Waals surface area contributed by atoms with Gasteiger partial charge in [0, 0.05) is 40.7 Å². The Bertz CT molecular complexity index is 1670. The van der Waals surface area contributed by atoms with Gasteiger partial charge in [-0.05, 0) is 61.1 Å². The zero-order valence-electron chi connectivity index (χ0n) is 23.1. The van der Waals surface area contributed by atoms with E-state index in [4.69, 9.17) is 4.74 Å². The number of hydrogen-bond donors (Lipinski definition) is 0. The van der Waals surface area contributed by atoms with Crippen LogP contribution in [0.25, 0.3) is 0 Å². The van der Waals surface area contributed by atoms with E-state index in [1.165, 1.54) is 26.2 Å². The lowest BCUT2D eigenvalue weighted by molar-refractivity contribution is 0.101. The summed E-state index contributed by atoms with van der Waals surface area (Å²) in [6.45, 7) is 1.52. The van der Waals surface area contributed by atoms with Gasteiger partial charge in [-0.3, -0.25) is 9.59 Å². The van der Waals surface area contributed by atoms with Gasteiger partial charge < -0.3 is 4.74 Å². The molecule has 214 valence electrons. The molecule has 0 heterocycles. The number of carbonyl (C=O) groups is 2. The molecule has 5 rings (SSSR count). The Morgan fingerprint density at radius 3 is 2.19 bits per heavy atom. The maximum absolute atomic E-state index is 14.7. The van der Waals surface area contributed by atoms with Crippen molar-refractivity contribution < 1.29 is 31.9 Å². The third-order valence-electron chi connectivity index (χ3n) is 7.76. The number of para-hydroxylation sites is 1. The minimum absolute atomic E-state index is 0.0219. The van der Waals surface area contributed by atoms with Crippen molar-refractivity contribution in [3.63, 3.8) is 0 Å². The van der Waals surface area contributed by atoms with Crippen LogP contribution in [-0.2, 0) is 12.8 Å². The Morgan fingerprint density at radius 1 is 0.833 bits per heavy atom. The van der Waals surface area contributed by atoms with Crippen LogP contribution in [0.4, 0.5) is 17.6 Å². The second kappa shape index (κ2) is 12.1. The minimum Gasteiger partial charge on any atom is -0.496 e. The Morgan fingerprint density at radius 2 is 1.52 bits per heavy atom. The van der Waals surface area contributed by atoms with Crippen LogP contribution in [0.15, 0.2) is 90.5 Å². The van der Waals surface area contributed by atoms with Crippen LogP contribution >= 0.6 is 0 Å². The summed E-state index contributed by atoms with van der Waals surface area (Å²) < 4.78 is 62.6. The number of allylic oxidation sites excluding steroid dienone is 2. The molecule has 0 bridgehead atoms. The molecular weight excluding hydrogens is 544 g/mol. The molecule has 0 amide bonds. The topological polar surface area (TPSA) is 43.4 Å². The van der Waals surface area contributed by atoms with E-state index < -0.39 is 40.5 Å². The Labute approximate surface area is 241 Å². The molecule has 0 fully saturated rings. The molecule has 0 saturated carbocycles. The monoisotopic (exact) mass is 572 g/mol. The third kappa shape index (κ3) is 5.91. The van der Waals surface area contributed by atoms with Crippen LogP contribution in [-0.4, -0.2) is 18.7 Å². The number of aryl methyl sites for hydroxylation is 2. The molecule has 0 saturated heterocycles. The molecule has 0 aromatic heterocycles. The highest BCUT2D eigenvalue weighted by molar-refractivity contribution is 6.10. The highest BCUT2D eigenvalue weighted by Crippen LogP contribution is 2.48. The number of ketones is 2. The number of halogens is 4. The Balaban J connectivity index is 1.53. The smallest absolute Gasteiger partial charge is 0.195 e. The summed E-state index contributed by atoms with van der Waals surface area (Å²) in [4.78, 5) is 25.5. The SMILES string of the molecule is COc1c(CCc2cccc(C(C)=O)c2)cccc1C1CC(c2ccc(F)cc2)C=C1C(=O)c1c(F)cc(F)cc1F. The lowest BCUT2D eigenvalue weighted by atomic mass is 9.84. The van der Waals surface area contributed by atoms with Gasteiger partial charge in [0.1, 0.15) is 29.0 Å². The molecule has 0 N–H and O–H groups in total. The van der Waals surface area contributed by atoms with Crippen molar-refractivity contribution >= 4 is 11.6 Å². The fourth-order valence-electron chi connectivity index (χ4n) is 5.71. The molecule has 4 aromatic carbocycles. The Hall–Kier alpha value is -4.52. The third-order valence-corrected chi connectivity index (χ3v) is 7.76. The fraction of sp³-hybridized carbons (Fsp3) is 0.200. The molecule has 1 aliphatic rings. The summed E-state index contributed by atoms with van der Waals surface area (Å²) in [6.07, 6.45) is 3.22. The first kappa shape index (κ1) is 29.0. The molecule has 1 aliphatic carbocycles. The normalized spacial score (nSPS) is 16.3. The molecule has 0 radical (unpaired) electrons. The number of ether oxygens (including phenoxy) is 1. The number of rotatable bonds is 9. The van der Waals surface area contributed by atoms with Crippen LogP contribution in [0.3, 0.4) is 0 Å². The number of carbonyl (C=O) groups excluding carboxylic acids is 2. The summed E-state index contributed by atoms with van der Waals surface area (Å²) in [7, 11) is 1.52. The molecule has 0 aliphatic heterocycles. The van der Waals surface area contributed by atoms with Gasteiger partial charge in [-0.1, -0.05) is 54.6 Å². The molecule has 0 spiro atoms. The summed E-state index contributed by atoms with van der Waals surface area (Å²) >= 11 is 0. The average Bonchev–Trinajstić information content (AvgIpc) is 3.41. The summed E-state index contributed by atoms with van der Waals surface area (Å²) in [6, 6.07) is 19.8. The largest absolute Gasteiger partial charge is 0.496 e. The van der Waals surface area contributed by atoms with E-state index in [9.17, 15) is 27.2 Å². The second-order valence-corrected chi connectivity index (χ2v) is 10.4. The minimum atomic E-state index is -1.28. The van der Waals surface area contributed by atoms with Gasteiger partial charge in [-0.2, -0.15) is 0 Å². The maximum atomic E-state index is 14.7. The quantitative estimate of drug-likeness (QED) is 0.150. The highest BCUT2D eigenvalue weighted by atomic mass is 19.1. The van der Waals surface area contributed by atoms with Crippen LogP contribution in [0, 0.1) is 23.3 Å². The van der Waals surface area contributed by atoms with E-state index in [1.807, 2.05) is 36.4 Å². The van der Waals surface area contributed by atoms with Crippen molar-refractivity contribution in [2.45, 2.75) is 38.0 Å². The predicted molar refractivity (Wildman–Crippen MR) is 152 cm³/mol. The summed E-state index contributed by atoms with van der Waals surface area (Å²) in [5.41, 5.74) is 3.19. The van der Waals surface area contributed by atoms with E-state index in [0.717, 1.165) is 16.7 Å². The number of hydrogen-bond acceptors (Lipinski definition) is 3. The van der Waals surface area contributed by atoms with E-state index in [2.05, 4.69) is 0 Å². The summed E-state index contributed by atoms with van der Waals surface area (Å²) in [5, 5.41) is 0. The number of methoxy groups -OCH3 is 1. The van der Waals surface area contributed by atoms with Crippen molar-refractivity contribution in [1.82, 2.24) is 0 Å². The first-order valence-corrected chi connectivity index (χ1v) is 13.6. The van der Waals surface area contributed by atoms with Crippen LogP contribution < -0.4 is 4.74 Å². The van der Waals surface area contributed by atoms with Crippen molar-refractivity contribution in [2.75, 3.05) is 7.11 Å². The fourth-order valence-corrected chi connectivity index (χ4v) is 5.71. The van der Waals surface area contributed by atoms with Crippen LogP contribution in [0.5, 0.6) is 5.75 Å². The molecular formula is C35H28F4O3. The van der Waals surface area contributed by atoms with E-state index in [1.54, 1.807) is 24.3 Å². The van der Waals surface area contributed by atoms with Crippen LogP contribution in [0.1, 0.15) is 68.2 Å². The van der Waals surface area contributed by atoms with E-state index in [0.29, 0.717) is 48.3 Å². The van der Waals surface area contributed by atoms with Gasteiger partial charge >= 0.3 is 0 Å². The summed E-state index contributed by atoms with van der Waals surface area (Å²) in [5.74, 6) is -5.40. The van der Waals surface area contributed by atoms with E-state index >= 15 is 0 Å². The second-order valence-electron chi connectivity index (χ2n) is 10.4. The average molecular weight is 573 g/mol. The zero-order chi connectivity index (χ0) is 30.0. The molecule has 4 aromatic rings. The lowest BCUT2D eigenvalue weighted by Gasteiger charge is -2.21. The molecule has 42 heavy (non-hydrogen) atoms. The van der Waals surface area contributed by atoms with Crippen LogP contribution in [0.2, 0.25) is 0 Å². The van der Waals surface area contributed by atoms with Crippen molar-refractivity contribution in [3.8, 4) is 5.75 Å². The standard InChI is InChI=1S/C35H28F4O3/c1-20(40)24-7-3-5-21(15-24)9-10-23-6-4-8-28(35(23)42-2)29-16-25(22-11-13-26(36)14-12-22)17-30(29)34(41)33-31(38)18-27(37)19-32(33)39/h3-8,11-15,17-19,25,29H,9-10,16H2,1-2H3. The van der Waals surface area contributed by atoms with Crippen molar-refractivity contribution in [3.05, 3.63) is 147 Å². The van der Waals surface area contributed by atoms with Gasteiger partial charge in [0.25, 0.3) is 0 Å². The van der Waals surface area contributed by atoms with Gasteiger partial charge in [0.15, 0.2) is 11.6 Å². The van der Waals surface area contributed by atoms with Crippen molar-refractivity contribution in [2.24, 2.45) is 0 Å². The first-order chi connectivity index (χ1) is 20.2. The first-order valence-electron chi connectivity index (χ1n) is 13.6. The van der Waals surface area contributed by atoms with Crippen molar-refractivity contribution in [1.29, 1.82) is 0 Å². The van der Waals surface area contributed by atoms with Gasteiger partial charge in [0.05, 0.1) is 12.7 Å². The lowest BCUT2D eigenvalue weighted by Crippen LogP contribution is -2.14. The van der Waals surface area contributed by atoms with E-state index in [-0.39, 0.29) is 17.3 Å². The molecule has 2 atom stereocenters. The molecule has 3 nitrogen and oxygen atoms in total. The number of Topliss-reactive ketones (excluding diaryl/α,β-unsaturated/α-hetero) is 2. The van der Waals surface area contributed by atoms with Gasteiger partial charge in [0.2, 0.25) is 0 Å². The highest BCUT2D eigenvalue weighted by Gasteiger charge is 2.37. The van der Waals surface area contributed by atoms with Gasteiger partial charge in [-0.25, -0.2) is 17.6 Å². The Kier molecular flexibility index (Phi) is 8.39. The number of benzene rings is 4. The van der Waals surface area contributed by atoms with Gasteiger partial charge in [-0.15, -0.1) is 0 Å². The zero-order valence-corrected chi connectivity index (χ0v) is 23.1.